The normalized spacial score (nSPS) is 11.5. The van der Waals surface area contributed by atoms with E-state index in [2.05, 4.69) is 4.98 Å². The van der Waals surface area contributed by atoms with Gasteiger partial charge in [0.25, 0.3) is 5.56 Å². The molecule has 0 amide bonds. The van der Waals surface area contributed by atoms with Crippen LogP contribution in [-0.4, -0.2) is 28.9 Å². The van der Waals surface area contributed by atoms with Crippen LogP contribution >= 0.6 is 0 Å². The minimum atomic E-state index is -0.0481. The average Bonchev–Trinajstić information content (AvgIpc) is 2.59. The molecule has 5 heteroatoms. The van der Waals surface area contributed by atoms with Gasteiger partial charge in [-0.1, -0.05) is 0 Å². The van der Waals surface area contributed by atoms with Crippen molar-refractivity contribution in [2.45, 2.75) is 26.4 Å². The van der Waals surface area contributed by atoms with E-state index in [1.54, 1.807) is 24.0 Å². The molecule has 0 saturated carbocycles. The summed E-state index contributed by atoms with van der Waals surface area (Å²) in [5, 5.41) is 2.57. The first-order valence-corrected chi connectivity index (χ1v) is 8.19. The van der Waals surface area contributed by atoms with Crippen LogP contribution < -0.4 is 10.3 Å². The summed E-state index contributed by atoms with van der Waals surface area (Å²) in [6, 6.07) is 7.73. The Morgan fingerprint density at radius 3 is 2.75 bits per heavy atom. The van der Waals surface area contributed by atoms with E-state index in [0.717, 1.165) is 28.5 Å². The second-order valence-electron chi connectivity index (χ2n) is 6.09. The third kappa shape index (κ3) is 3.26. The van der Waals surface area contributed by atoms with Crippen LogP contribution in [0.2, 0.25) is 0 Å². The number of fused-ring (bicyclic) bond motifs is 3. The highest BCUT2D eigenvalue weighted by Gasteiger charge is 2.09. The number of aromatic nitrogens is 2. The van der Waals surface area contributed by atoms with Crippen LogP contribution in [0.5, 0.6) is 5.75 Å². The molecule has 0 bridgehead atoms. The summed E-state index contributed by atoms with van der Waals surface area (Å²) in [6.07, 6.45) is 4.40. The van der Waals surface area contributed by atoms with Crippen molar-refractivity contribution in [1.82, 2.24) is 9.55 Å². The lowest BCUT2D eigenvalue weighted by Crippen LogP contribution is -2.17. The van der Waals surface area contributed by atoms with Gasteiger partial charge in [-0.2, -0.15) is 0 Å². The summed E-state index contributed by atoms with van der Waals surface area (Å²) in [5.41, 5.74) is 0.808. The Morgan fingerprint density at radius 2 is 1.96 bits per heavy atom. The number of pyridine rings is 2. The zero-order valence-electron chi connectivity index (χ0n) is 14.3. The molecule has 0 aliphatic heterocycles. The predicted molar refractivity (Wildman–Crippen MR) is 95.7 cm³/mol. The maximum atomic E-state index is 12.5. The first-order chi connectivity index (χ1) is 11.6. The van der Waals surface area contributed by atoms with Crippen LogP contribution in [0, 0.1) is 0 Å². The van der Waals surface area contributed by atoms with E-state index in [0.29, 0.717) is 18.6 Å². The van der Waals surface area contributed by atoms with E-state index < -0.39 is 0 Å². The quantitative estimate of drug-likeness (QED) is 0.515. The van der Waals surface area contributed by atoms with Gasteiger partial charge in [0, 0.05) is 37.3 Å². The number of rotatable bonds is 6. The van der Waals surface area contributed by atoms with Gasteiger partial charge in [-0.05, 0) is 37.4 Å². The number of hydrogen-bond acceptors (Lipinski definition) is 4. The van der Waals surface area contributed by atoms with Crippen molar-refractivity contribution in [2.24, 2.45) is 7.05 Å². The Kier molecular flexibility index (Phi) is 4.81. The first kappa shape index (κ1) is 16.5. The van der Waals surface area contributed by atoms with Gasteiger partial charge in [-0.15, -0.1) is 0 Å². The Morgan fingerprint density at radius 1 is 1.12 bits per heavy atom. The number of hydrogen-bond donors (Lipinski definition) is 0. The van der Waals surface area contributed by atoms with Gasteiger partial charge >= 0.3 is 0 Å². The number of aryl methyl sites for hydroxylation is 1. The highest BCUT2D eigenvalue weighted by molar-refractivity contribution is 6.05. The highest BCUT2D eigenvalue weighted by Crippen LogP contribution is 2.25. The summed E-state index contributed by atoms with van der Waals surface area (Å²) >= 11 is 0. The zero-order chi connectivity index (χ0) is 17.1. The molecule has 0 atom stereocenters. The largest absolute Gasteiger partial charge is 0.493 e. The van der Waals surface area contributed by atoms with E-state index in [1.165, 1.54) is 0 Å². The van der Waals surface area contributed by atoms with Crippen molar-refractivity contribution in [3.63, 3.8) is 0 Å². The molecule has 126 valence electrons. The molecular weight excluding hydrogens is 304 g/mol. The van der Waals surface area contributed by atoms with Gasteiger partial charge in [0.1, 0.15) is 5.75 Å². The van der Waals surface area contributed by atoms with E-state index in [9.17, 15) is 4.79 Å². The molecule has 24 heavy (non-hydrogen) atoms. The van der Waals surface area contributed by atoms with Gasteiger partial charge < -0.3 is 14.0 Å². The van der Waals surface area contributed by atoms with E-state index in [1.807, 2.05) is 38.1 Å². The fraction of sp³-hybridized carbons (Fsp3) is 0.368. The van der Waals surface area contributed by atoms with Crippen LogP contribution in [0.15, 0.2) is 41.5 Å². The van der Waals surface area contributed by atoms with Crippen molar-refractivity contribution < 1.29 is 9.47 Å². The van der Waals surface area contributed by atoms with E-state index in [-0.39, 0.29) is 11.7 Å². The minimum Gasteiger partial charge on any atom is -0.493 e. The van der Waals surface area contributed by atoms with Crippen LogP contribution in [0.25, 0.3) is 21.7 Å². The third-order valence-corrected chi connectivity index (χ3v) is 3.99. The molecule has 0 N–H and O–H groups in total. The third-order valence-electron chi connectivity index (χ3n) is 3.99. The smallest absolute Gasteiger partial charge is 0.260 e. The van der Waals surface area contributed by atoms with Crippen molar-refractivity contribution >= 4 is 21.7 Å². The fourth-order valence-corrected chi connectivity index (χ4v) is 2.76. The summed E-state index contributed by atoms with van der Waals surface area (Å²) in [5.74, 6) is 0.760. The SMILES string of the molecule is CC(C)OCCCOc1ccc2c3ccncc3c(=O)n(C)c2c1. The molecule has 5 nitrogen and oxygen atoms in total. The standard InChI is InChI=1S/C19H22N2O3/c1-13(2)23-9-4-10-24-14-5-6-16-15-7-8-20-12-17(15)19(22)21(3)18(16)11-14/h5-8,11-13H,4,9-10H2,1-3H3. The molecule has 0 fully saturated rings. The molecule has 1 aromatic carbocycles. The topological polar surface area (TPSA) is 53.4 Å². The summed E-state index contributed by atoms with van der Waals surface area (Å²) in [4.78, 5) is 16.5. The molecule has 3 aromatic rings. The number of nitrogens with zero attached hydrogens (tertiary/aromatic N) is 2. The summed E-state index contributed by atoms with van der Waals surface area (Å²) in [7, 11) is 1.78. The maximum absolute atomic E-state index is 12.5. The number of benzene rings is 1. The van der Waals surface area contributed by atoms with Gasteiger partial charge in [0.15, 0.2) is 0 Å². The molecule has 0 aliphatic rings. The predicted octanol–water partition coefficient (Wildman–Crippen LogP) is 3.28. The summed E-state index contributed by atoms with van der Waals surface area (Å²) in [6.45, 7) is 5.31. The van der Waals surface area contributed by atoms with E-state index in [4.69, 9.17) is 9.47 Å². The molecule has 3 rings (SSSR count). The molecule has 0 spiro atoms. The lowest BCUT2D eigenvalue weighted by molar-refractivity contribution is 0.0694. The Hall–Kier alpha value is -2.40. The Balaban J connectivity index is 1.87. The van der Waals surface area contributed by atoms with Crippen LogP contribution in [0.1, 0.15) is 20.3 Å². The average molecular weight is 326 g/mol. The fourth-order valence-electron chi connectivity index (χ4n) is 2.76. The van der Waals surface area contributed by atoms with Gasteiger partial charge in [0.2, 0.25) is 0 Å². The molecule has 2 aromatic heterocycles. The number of ether oxygens (including phenoxy) is 2. The molecule has 2 heterocycles. The monoisotopic (exact) mass is 326 g/mol. The first-order valence-electron chi connectivity index (χ1n) is 8.19. The Labute approximate surface area is 140 Å². The van der Waals surface area contributed by atoms with Crippen LogP contribution in [0.4, 0.5) is 0 Å². The van der Waals surface area contributed by atoms with Gasteiger partial charge in [-0.25, -0.2) is 0 Å². The zero-order valence-corrected chi connectivity index (χ0v) is 14.3. The van der Waals surface area contributed by atoms with Crippen molar-refractivity contribution in [1.29, 1.82) is 0 Å². The van der Waals surface area contributed by atoms with E-state index >= 15 is 0 Å². The molecule has 0 radical (unpaired) electrons. The Bertz CT molecular complexity index is 916. The molecule has 0 saturated heterocycles. The minimum absolute atomic E-state index is 0.0481. The second kappa shape index (κ2) is 7.01. The van der Waals surface area contributed by atoms with Crippen molar-refractivity contribution in [2.75, 3.05) is 13.2 Å². The van der Waals surface area contributed by atoms with Crippen LogP contribution in [0.3, 0.4) is 0 Å². The second-order valence-corrected chi connectivity index (χ2v) is 6.09. The van der Waals surface area contributed by atoms with Crippen molar-refractivity contribution in [3.8, 4) is 5.75 Å². The molecule has 0 aliphatic carbocycles. The molecular formula is C19H22N2O3. The van der Waals surface area contributed by atoms with Gasteiger partial charge in [-0.3, -0.25) is 9.78 Å². The lowest BCUT2D eigenvalue weighted by Gasteiger charge is -2.12. The van der Waals surface area contributed by atoms with Crippen molar-refractivity contribution in [3.05, 3.63) is 47.0 Å². The van der Waals surface area contributed by atoms with Crippen LogP contribution in [-0.2, 0) is 11.8 Å². The summed E-state index contributed by atoms with van der Waals surface area (Å²) < 4.78 is 12.9. The maximum Gasteiger partial charge on any atom is 0.260 e. The molecule has 0 unspecified atom stereocenters. The lowest BCUT2D eigenvalue weighted by atomic mass is 10.1. The van der Waals surface area contributed by atoms with Gasteiger partial charge in [0.05, 0.1) is 30.2 Å². The highest BCUT2D eigenvalue weighted by atomic mass is 16.5.